The van der Waals surface area contributed by atoms with Gasteiger partial charge in [-0.3, -0.25) is 9.59 Å². The van der Waals surface area contributed by atoms with Crippen molar-refractivity contribution >= 4 is 11.8 Å². The molecule has 0 aliphatic heterocycles. The molecule has 3 aromatic rings. The first-order valence-electron chi connectivity index (χ1n) is 8.37. The number of carbonyl (C=O) groups is 2. The highest BCUT2D eigenvalue weighted by Gasteiger charge is 2.13. The number of nitrogens with zero attached hydrogens (tertiary/aromatic N) is 2. The minimum Gasteiger partial charge on any atom is -0.493 e. The van der Waals surface area contributed by atoms with Gasteiger partial charge in [0.2, 0.25) is 5.88 Å². The van der Waals surface area contributed by atoms with Gasteiger partial charge in [0.05, 0.1) is 0 Å². The van der Waals surface area contributed by atoms with Gasteiger partial charge in [0, 0.05) is 42.5 Å². The molecule has 8 nitrogen and oxygen atoms in total. The van der Waals surface area contributed by atoms with Gasteiger partial charge in [0.15, 0.2) is 11.5 Å². The topological polar surface area (TPSA) is 117 Å². The summed E-state index contributed by atoms with van der Waals surface area (Å²) in [4.78, 5) is 27.6. The van der Waals surface area contributed by atoms with Gasteiger partial charge < -0.3 is 20.3 Å². The lowest BCUT2D eigenvalue weighted by molar-refractivity contribution is 0.0944. The second kappa shape index (κ2) is 8.61. The van der Waals surface area contributed by atoms with Crippen LogP contribution in [0.15, 0.2) is 59.3 Å². The Bertz CT molecular complexity index is 924. The third-order valence-corrected chi connectivity index (χ3v) is 3.73. The highest BCUT2D eigenvalue weighted by molar-refractivity contribution is 5.94. The fourth-order valence-corrected chi connectivity index (χ4v) is 2.37. The zero-order valence-corrected chi connectivity index (χ0v) is 14.4. The molecule has 1 aromatic carbocycles. The fourth-order valence-electron chi connectivity index (χ4n) is 2.37. The van der Waals surface area contributed by atoms with E-state index in [0.29, 0.717) is 30.8 Å². The lowest BCUT2D eigenvalue weighted by atomic mass is 10.1. The van der Waals surface area contributed by atoms with Gasteiger partial charge in [-0.05, 0) is 12.5 Å². The summed E-state index contributed by atoms with van der Waals surface area (Å²) in [6.45, 7) is 0.741. The normalized spacial score (nSPS) is 10.4. The summed E-state index contributed by atoms with van der Waals surface area (Å²) in [5.74, 6) is -0.347. The monoisotopic (exact) mass is 366 g/mol. The van der Waals surface area contributed by atoms with Crippen molar-refractivity contribution < 1.29 is 19.2 Å². The predicted molar refractivity (Wildman–Crippen MR) is 97.1 cm³/mol. The standard InChI is InChI=1S/C19H18N4O4/c24-17-11-14(7-10-20-17)18(25)21-8-4-9-22-19(26)15-12-16(27-23-15)13-5-2-1-3-6-13/h1-3,5-7,10-12H,4,8-9H2,(H,20,24)(H,21,25)(H,22,26). The average molecular weight is 366 g/mol. The number of aromatic hydroxyl groups is 1. The number of amides is 2. The largest absolute Gasteiger partial charge is 0.493 e. The molecule has 0 bridgehead atoms. The Labute approximate surface area is 155 Å². The van der Waals surface area contributed by atoms with Crippen LogP contribution in [0.4, 0.5) is 0 Å². The summed E-state index contributed by atoms with van der Waals surface area (Å²) in [5.41, 5.74) is 1.36. The minimum absolute atomic E-state index is 0.199. The van der Waals surface area contributed by atoms with Gasteiger partial charge in [0.1, 0.15) is 0 Å². The first-order chi connectivity index (χ1) is 13.1. The lowest BCUT2D eigenvalue weighted by Gasteiger charge is -2.06. The maximum atomic E-state index is 12.1. The number of carbonyl (C=O) groups excluding carboxylic acids is 2. The van der Waals surface area contributed by atoms with Crippen LogP contribution in [-0.2, 0) is 0 Å². The molecule has 138 valence electrons. The maximum Gasteiger partial charge on any atom is 0.273 e. The summed E-state index contributed by atoms with van der Waals surface area (Å²) < 4.78 is 5.20. The van der Waals surface area contributed by atoms with E-state index in [2.05, 4.69) is 20.8 Å². The highest BCUT2D eigenvalue weighted by atomic mass is 16.5. The van der Waals surface area contributed by atoms with E-state index in [1.165, 1.54) is 18.3 Å². The van der Waals surface area contributed by atoms with Crippen LogP contribution in [-0.4, -0.2) is 40.2 Å². The van der Waals surface area contributed by atoms with Crippen molar-refractivity contribution in [1.82, 2.24) is 20.8 Å². The molecule has 0 atom stereocenters. The quantitative estimate of drug-likeness (QED) is 0.551. The van der Waals surface area contributed by atoms with E-state index in [9.17, 15) is 14.7 Å². The number of hydrogen-bond donors (Lipinski definition) is 3. The summed E-state index contributed by atoms with van der Waals surface area (Å²) in [7, 11) is 0. The Morgan fingerprint density at radius 2 is 1.74 bits per heavy atom. The highest BCUT2D eigenvalue weighted by Crippen LogP contribution is 2.19. The number of pyridine rings is 1. The van der Waals surface area contributed by atoms with Crippen molar-refractivity contribution in [3.63, 3.8) is 0 Å². The molecule has 0 spiro atoms. The molecule has 0 saturated heterocycles. The Balaban J connectivity index is 1.41. The molecule has 0 unspecified atom stereocenters. The summed E-state index contributed by atoms with van der Waals surface area (Å²) >= 11 is 0. The lowest BCUT2D eigenvalue weighted by Crippen LogP contribution is -2.30. The van der Waals surface area contributed by atoms with Gasteiger partial charge in [-0.2, -0.15) is 0 Å². The number of benzene rings is 1. The molecule has 8 heteroatoms. The minimum atomic E-state index is -0.341. The van der Waals surface area contributed by atoms with Crippen LogP contribution >= 0.6 is 0 Å². The third-order valence-electron chi connectivity index (χ3n) is 3.73. The van der Waals surface area contributed by atoms with E-state index in [0.717, 1.165) is 5.56 Å². The molecule has 0 radical (unpaired) electrons. The van der Waals surface area contributed by atoms with Crippen LogP contribution in [0.25, 0.3) is 11.3 Å². The van der Waals surface area contributed by atoms with Crippen molar-refractivity contribution in [3.8, 4) is 17.2 Å². The number of rotatable bonds is 7. The number of aromatic nitrogens is 2. The molecule has 2 amide bonds. The smallest absolute Gasteiger partial charge is 0.273 e. The van der Waals surface area contributed by atoms with Gasteiger partial charge in [-0.25, -0.2) is 4.98 Å². The van der Waals surface area contributed by atoms with E-state index >= 15 is 0 Å². The van der Waals surface area contributed by atoms with Crippen LogP contribution in [0, 0.1) is 0 Å². The van der Waals surface area contributed by atoms with Crippen LogP contribution in [0.5, 0.6) is 5.88 Å². The Morgan fingerprint density at radius 1 is 1.00 bits per heavy atom. The maximum absolute atomic E-state index is 12.1. The molecule has 0 aliphatic carbocycles. The van der Waals surface area contributed by atoms with Crippen molar-refractivity contribution in [2.75, 3.05) is 13.1 Å². The van der Waals surface area contributed by atoms with Crippen LogP contribution in [0.2, 0.25) is 0 Å². The fraction of sp³-hybridized carbons (Fsp3) is 0.158. The van der Waals surface area contributed by atoms with Crippen molar-refractivity contribution in [3.05, 3.63) is 66.0 Å². The first-order valence-corrected chi connectivity index (χ1v) is 8.37. The first kappa shape index (κ1) is 18.1. The van der Waals surface area contributed by atoms with E-state index in [4.69, 9.17) is 4.52 Å². The zero-order valence-electron chi connectivity index (χ0n) is 14.4. The number of nitrogens with one attached hydrogen (secondary N) is 2. The van der Waals surface area contributed by atoms with Gasteiger partial charge in [0.25, 0.3) is 11.8 Å². The molecule has 2 heterocycles. The van der Waals surface area contributed by atoms with Crippen molar-refractivity contribution in [2.24, 2.45) is 0 Å². The van der Waals surface area contributed by atoms with Crippen LogP contribution in [0.1, 0.15) is 27.3 Å². The van der Waals surface area contributed by atoms with Crippen LogP contribution < -0.4 is 10.6 Å². The molecule has 3 rings (SSSR count). The summed E-state index contributed by atoms with van der Waals surface area (Å²) in [6, 6.07) is 13.8. The van der Waals surface area contributed by atoms with Crippen LogP contribution in [0.3, 0.4) is 0 Å². The molecule has 3 N–H and O–H groups in total. The summed E-state index contributed by atoms with van der Waals surface area (Å²) in [6.07, 6.45) is 1.89. The zero-order chi connectivity index (χ0) is 19.1. The van der Waals surface area contributed by atoms with Gasteiger partial charge >= 0.3 is 0 Å². The predicted octanol–water partition coefficient (Wildman–Crippen LogP) is 1.99. The molecule has 0 aliphatic rings. The number of hydrogen-bond acceptors (Lipinski definition) is 6. The molecule has 0 saturated carbocycles. The Kier molecular flexibility index (Phi) is 5.78. The molecular weight excluding hydrogens is 348 g/mol. The second-order valence-electron chi connectivity index (χ2n) is 5.71. The van der Waals surface area contributed by atoms with Gasteiger partial charge in [-0.1, -0.05) is 35.5 Å². The molecular formula is C19H18N4O4. The Morgan fingerprint density at radius 3 is 2.48 bits per heavy atom. The van der Waals surface area contributed by atoms with E-state index in [1.807, 2.05) is 30.3 Å². The van der Waals surface area contributed by atoms with E-state index < -0.39 is 0 Å². The molecule has 27 heavy (non-hydrogen) atoms. The Hall–Kier alpha value is -3.68. The van der Waals surface area contributed by atoms with Gasteiger partial charge in [-0.15, -0.1) is 0 Å². The SMILES string of the molecule is O=C(NCCCNC(=O)c1cc(-c2ccccc2)on1)c1ccnc(O)c1. The molecule has 2 aromatic heterocycles. The summed E-state index contributed by atoms with van der Waals surface area (Å²) in [5, 5.41) is 18.5. The third kappa shape index (κ3) is 4.91. The second-order valence-corrected chi connectivity index (χ2v) is 5.71. The molecule has 0 fully saturated rings. The van der Waals surface area contributed by atoms with Crippen molar-refractivity contribution in [2.45, 2.75) is 6.42 Å². The van der Waals surface area contributed by atoms with E-state index in [1.54, 1.807) is 6.07 Å². The average Bonchev–Trinajstić information content (AvgIpc) is 3.18. The van der Waals surface area contributed by atoms with Crippen molar-refractivity contribution in [1.29, 1.82) is 0 Å². The van der Waals surface area contributed by atoms with E-state index in [-0.39, 0.29) is 23.4 Å².